The monoisotopic (exact) mass is 249 g/mol. The highest BCUT2D eigenvalue weighted by molar-refractivity contribution is 7.99. The van der Waals surface area contributed by atoms with E-state index in [0.717, 1.165) is 23.8 Å². The lowest BCUT2D eigenvalue weighted by atomic mass is 10.0. The quantitative estimate of drug-likeness (QED) is 0.881. The number of fused-ring (bicyclic) bond motifs is 1. The molecule has 1 fully saturated rings. The van der Waals surface area contributed by atoms with Crippen molar-refractivity contribution in [2.45, 2.75) is 19.3 Å². The number of aromatic amines is 1. The summed E-state index contributed by atoms with van der Waals surface area (Å²) in [6, 6.07) is 3.17. The van der Waals surface area contributed by atoms with Crippen molar-refractivity contribution in [2.24, 2.45) is 5.92 Å². The Morgan fingerprint density at radius 3 is 3.35 bits per heavy atom. The molecule has 0 amide bonds. The summed E-state index contributed by atoms with van der Waals surface area (Å²) in [5, 5.41) is 7.25. The Labute approximate surface area is 103 Å². The summed E-state index contributed by atoms with van der Waals surface area (Å²) in [6.45, 7) is 0. The number of nitrogens with zero attached hydrogens (tertiary/aromatic N) is 2. The molecule has 0 aromatic carbocycles. The lowest BCUT2D eigenvalue weighted by Crippen LogP contribution is -2.15. The Kier molecular flexibility index (Phi) is 2.93. The minimum Gasteiger partial charge on any atom is -0.290 e. The van der Waals surface area contributed by atoms with Gasteiger partial charge in [-0.25, -0.2) is 0 Å². The van der Waals surface area contributed by atoms with E-state index in [0.29, 0.717) is 0 Å². The van der Waals surface area contributed by atoms with E-state index >= 15 is 0 Å². The van der Waals surface area contributed by atoms with Gasteiger partial charge in [0.2, 0.25) is 0 Å². The summed E-state index contributed by atoms with van der Waals surface area (Å²) in [6.07, 6.45) is 5.41. The van der Waals surface area contributed by atoms with Crippen molar-refractivity contribution in [3.05, 3.63) is 34.4 Å². The molecule has 2 aromatic heterocycles. The zero-order valence-corrected chi connectivity index (χ0v) is 10.4. The number of H-pyrrole nitrogens is 1. The maximum absolute atomic E-state index is 11.2. The van der Waals surface area contributed by atoms with E-state index in [1.807, 2.05) is 22.4 Å². The van der Waals surface area contributed by atoms with Crippen LogP contribution in [0.15, 0.2) is 23.1 Å². The maximum Gasteiger partial charge on any atom is 0.183 e. The van der Waals surface area contributed by atoms with Crippen molar-refractivity contribution in [2.75, 3.05) is 11.5 Å². The second kappa shape index (κ2) is 4.56. The highest BCUT2D eigenvalue weighted by Crippen LogP contribution is 2.25. The Morgan fingerprint density at radius 1 is 1.59 bits per heavy atom. The molecule has 2 aromatic rings. The van der Waals surface area contributed by atoms with E-state index in [4.69, 9.17) is 0 Å². The maximum atomic E-state index is 11.2. The van der Waals surface area contributed by atoms with Gasteiger partial charge in [0.1, 0.15) is 11.5 Å². The summed E-state index contributed by atoms with van der Waals surface area (Å²) in [5.41, 5.74) is 0.810. The van der Waals surface area contributed by atoms with E-state index in [1.54, 1.807) is 12.1 Å². The molecule has 1 saturated heterocycles. The molecule has 3 heterocycles. The third kappa shape index (κ3) is 2.24. The first-order valence-electron chi connectivity index (χ1n) is 5.96. The van der Waals surface area contributed by atoms with E-state index < -0.39 is 0 Å². The fraction of sp³-hybridized carbons (Fsp3) is 0.500. The highest BCUT2D eigenvalue weighted by Gasteiger charge is 2.16. The second-order valence-electron chi connectivity index (χ2n) is 4.54. The Bertz CT molecular complexity index is 568. The molecule has 1 atom stereocenters. The summed E-state index contributed by atoms with van der Waals surface area (Å²) in [4.78, 5) is 11.2. The van der Waals surface area contributed by atoms with Crippen molar-refractivity contribution in [1.82, 2.24) is 14.6 Å². The molecule has 90 valence electrons. The largest absolute Gasteiger partial charge is 0.290 e. The summed E-state index contributed by atoms with van der Waals surface area (Å²) >= 11 is 2.04. The smallest absolute Gasteiger partial charge is 0.183 e. The first kappa shape index (κ1) is 10.9. The SMILES string of the molecule is O=c1ccn2c(CC3CCCSC3)n[nH]c2c1. The Hall–Kier alpha value is -1.23. The van der Waals surface area contributed by atoms with Crippen LogP contribution in [0.4, 0.5) is 0 Å². The van der Waals surface area contributed by atoms with Crippen LogP contribution in [0.1, 0.15) is 18.7 Å². The van der Waals surface area contributed by atoms with Crippen LogP contribution in [0.25, 0.3) is 5.65 Å². The molecule has 1 unspecified atom stereocenters. The van der Waals surface area contributed by atoms with Crippen molar-refractivity contribution < 1.29 is 0 Å². The minimum absolute atomic E-state index is 0.0217. The van der Waals surface area contributed by atoms with Gasteiger partial charge in [0.25, 0.3) is 0 Å². The number of hydrogen-bond donors (Lipinski definition) is 1. The standard InChI is InChI=1S/C12H15N3OS/c16-10-3-4-15-11(13-14-12(15)7-10)6-9-2-1-5-17-8-9/h3-4,7,9,14H,1-2,5-6,8H2. The van der Waals surface area contributed by atoms with Gasteiger partial charge in [-0.3, -0.25) is 14.3 Å². The van der Waals surface area contributed by atoms with Gasteiger partial charge in [-0.05, 0) is 30.3 Å². The van der Waals surface area contributed by atoms with Crippen molar-refractivity contribution in [1.29, 1.82) is 0 Å². The van der Waals surface area contributed by atoms with Crippen LogP contribution in [0.3, 0.4) is 0 Å². The topological polar surface area (TPSA) is 50.2 Å². The van der Waals surface area contributed by atoms with E-state index in [9.17, 15) is 4.79 Å². The Morgan fingerprint density at radius 2 is 2.53 bits per heavy atom. The van der Waals surface area contributed by atoms with Gasteiger partial charge in [0, 0.05) is 24.8 Å². The molecule has 0 bridgehead atoms. The highest BCUT2D eigenvalue weighted by atomic mass is 32.2. The first-order chi connectivity index (χ1) is 8.33. The lowest BCUT2D eigenvalue weighted by molar-refractivity contribution is 0.506. The van der Waals surface area contributed by atoms with Gasteiger partial charge in [-0.2, -0.15) is 16.9 Å². The lowest BCUT2D eigenvalue weighted by Gasteiger charge is -2.20. The number of rotatable bonds is 2. The zero-order valence-electron chi connectivity index (χ0n) is 9.56. The normalized spacial score (nSPS) is 20.8. The fourth-order valence-corrected chi connectivity index (χ4v) is 3.49. The molecule has 4 nitrogen and oxygen atoms in total. The van der Waals surface area contributed by atoms with Crippen LogP contribution < -0.4 is 5.43 Å². The number of nitrogens with one attached hydrogen (secondary N) is 1. The second-order valence-corrected chi connectivity index (χ2v) is 5.69. The van der Waals surface area contributed by atoms with Crippen molar-refractivity contribution in [3.63, 3.8) is 0 Å². The number of aromatic nitrogens is 3. The summed E-state index contributed by atoms with van der Waals surface area (Å²) in [5.74, 6) is 4.28. The predicted octanol–water partition coefficient (Wildman–Crippen LogP) is 1.71. The molecule has 0 radical (unpaired) electrons. The average molecular weight is 249 g/mol. The van der Waals surface area contributed by atoms with Gasteiger partial charge in [-0.15, -0.1) is 0 Å². The van der Waals surface area contributed by atoms with Gasteiger partial charge in [-0.1, -0.05) is 0 Å². The van der Waals surface area contributed by atoms with E-state index in [-0.39, 0.29) is 5.43 Å². The summed E-state index contributed by atoms with van der Waals surface area (Å²) < 4.78 is 1.99. The Balaban J connectivity index is 1.87. The van der Waals surface area contributed by atoms with Gasteiger partial charge >= 0.3 is 0 Å². The molecule has 0 aliphatic carbocycles. The third-order valence-corrected chi connectivity index (χ3v) is 4.51. The minimum atomic E-state index is 0.0217. The van der Waals surface area contributed by atoms with Crippen molar-refractivity contribution in [3.8, 4) is 0 Å². The van der Waals surface area contributed by atoms with Crippen LogP contribution in [0, 0.1) is 5.92 Å². The molecule has 0 spiro atoms. The molecule has 1 aliphatic heterocycles. The predicted molar refractivity (Wildman–Crippen MR) is 69.6 cm³/mol. The molecule has 0 saturated carbocycles. The molecule has 1 aliphatic rings. The van der Waals surface area contributed by atoms with Crippen LogP contribution >= 0.6 is 11.8 Å². The van der Waals surface area contributed by atoms with Crippen molar-refractivity contribution >= 4 is 17.4 Å². The van der Waals surface area contributed by atoms with E-state index in [1.165, 1.54) is 24.3 Å². The van der Waals surface area contributed by atoms with Gasteiger partial charge in [0.05, 0.1) is 0 Å². The molecule has 5 heteroatoms. The fourth-order valence-electron chi connectivity index (χ4n) is 2.34. The van der Waals surface area contributed by atoms with Crippen LogP contribution in [-0.2, 0) is 6.42 Å². The van der Waals surface area contributed by atoms with Gasteiger partial charge in [0.15, 0.2) is 5.43 Å². The number of pyridine rings is 1. The van der Waals surface area contributed by atoms with Crippen LogP contribution in [0.5, 0.6) is 0 Å². The molecule has 3 rings (SSSR count). The average Bonchev–Trinajstić information content (AvgIpc) is 2.73. The molecule has 17 heavy (non-hydrogen) atoms. The van der Waals surface area contributed by atoms with Gasteiger partial charge < -0.3 is 0 Å². The van der Waals surface area contributed by atoms with Crippen LogP contribution in [0.2, 0.25) is 0 Å². The van der Waals surface area contributed by atoms with E-state index in [2.05, 4.69) is 10.2 Å². The number of thioether (sulfide) groups is 1. The third-order valence-electron chi connectivity index (χ3n) is 3.23. The molecular weight excluding hydrogens is 234 g/mol. The first-order valence-corrected chi connectivity index (χ1v) is 7.12. The zero-order chi connectivity index (χ0) is 11.7. The summed E-state index contributed by atoms with van der Waals surface area (Å²) in [7, 11) is 0. The molecular formula is C12H15N3OS. The number of hydrogen-bond acceptors (Lipinski definition) is 3. The van der Waals surface area contributed by atoms with Crippen LogP contribution in [-0.4, -0.2) is 26.1 Å². The molecule has 1 N–H and O–H groups in total.